The van der Waals surface area contributed by atoms with Gasteiger partial charge in [-0.15, -0.1) is 0 Å². The molecule has 0 saturated heterocycles. The second kappa shape index (κ2) is 3.19. The fraction of sp³-hybridized carbons (Fsp3) is 0.222. The summed E-state index contributed by atoms with van der Waals surface area (Å²) in [5.41, 5.74) is 6.77. The molecule has 1 heterocycles. The topological polar surface area (TPSA) is 64.8 Å². The predicted molar refractivity (Wildman–Crippen MR) is 49.8 cm³/mol. The number of nitrogens with two attached hydrogens (primary N) is 1. The molecule has 0 aliphatic carbocycles. The molecule has 5 heteroatoms. The molecule has 5 nitrogen and oxygen atoms in total. The third kappa shape index (κ3) is 1.38. The molecule has 0 unspecified atom stereocenters. The Balaban J connectivity index is 2.33. The zero-order valence-electron chi connectivity index (χ0n) is 7.69. The first-order chi connectivity index (χ1) is 6.68. The highest BCUT2D eigenvalue weighted by Gasteiger charge is 2.16. The van der Waals surface area contributed by atoms with E-state index in [1.54, 1.807) is 19.2 Å². The summed E-state index contributed by atoms with van der Waals surface area (Å²) in [7, 11) is 1.60. The van der Waals surface area contributed by atoms with Crippen molar-refractivity contribution in [3.05, 3.63) is 23.8 Å². The number of carbonyl (C=O) groups excluding carboxylic acids is 1. The lowest BCUT2D eigenvalue weighted by molar-refractivity contribution is -0.194. The van der Waals surface area contributed by atoms with E-state index in [2.05, 4.69) is 0 Å². The Morgan fingerprint density at radius 1 is 1.57 bits per heavy atom. The maximum Gasteiger partial charge on any atom is 0.318 e. The van der Waals surface area contributed by atoms with Gasteiger partial charge in [-0.05, 0) is 6.07 Å². The van der Waals surface area contributed by atoms with E-state index in [-0.39, 0.29) is 0 Å². The van der Waals surface area contributed by atoms with Gasteiger partial charge in [0.1, 0.15) is 6.61 Å². The van der Waals surface area contributed by atoms with Gasteiger partial charge in [0, 0.05) is 24.4 Å². The van der Waals surface area contributed by atoms with Crippen LogP contribution in [0.4, 0.5) is 10.5 Å². The fourth-order valence-electron chi connectivity index (χ4n) is 1.23. The zero-order valence-corrected chi connectivity index (χ0v) is 7.69. The van der Waals surface area contributed by atoms with Gasteiger partial charge in [-0.25, -0.2) is 4.79 Å². The molecule has 2 rings (SSSR count). The van der Waals surface area contributed by atoms with Crippen molar-refractivity contribution in [3.8, 4) is 5.75 Å². The van der Waals surface area contributed by atoms with E-state index in [1.807, 2.05) is 6.07 Å². The molecule has 0 aromatic heterocycles. The summed E-state index contributed by atoms with van der Waals surface area (Å²) in [4.78, 5) is 21.9. The number of nitrogens with zero attached hydrogens (tertiary/aromatic N) is 1. The summed E-state index contributed by atoms with van der Waals surface area (Å²) in [6.45, 7) is 0.440. The normalized spacial score (nSPS) is 13.2. The average Bonchev–Trinajstić information content (AvgIpc) is 2.62. The Labute approximate surface area is 80.9 Å². The Morgan fingerprint density at radius 3 is 3.07 bits per heavy atom. The molecule has 0 radical (unpaired) electrons. The number of rotatable bonds is 1. The summed E-state index contributed by atoms with van der Waals surface area (Å²) in [6.07, 6.45) is 0. The van der Waals surface area contributed by atoms with Gasteiger partial charge in [0.25, 0.3) is 0 Å². The minimum Gasteiger partial charge on any atom is -0.351 e. The van der Waals surface area contributed by atoms with Crippen molar-refractivity contribution >= 4 is 11.7 Å². The number of anilines is 1. The first-order valence-electron chi connectivity index (χ1n) is 4.14. The van der Waals surface area contributed by atoms with E-state index >= 15 is 0 Å². The van der Waals surface area contributed by atoms with Crippen LogP contribution >= 0.6 is 0 Å². The quantitative estimate of drug-likeness (QED) is 0.679. The van der Waals surface area contributed by atoms with Crippen molar-refractivity contribution in [2.45, 2.75) is 6.61 Å². The molecule has 0 atom stereocenters. The smallest absolute Gasteiger partial charge is 0.318 e. The summed E-state index contributed by atoms with van der Waals surface area (Å²) < 4.78 is 0. The standard InChI is InChI=1S/C9H10N2O3/c1-11(9(10)12)7-3-2-6-5-13-14-8(6)4-7/h2-4H,5H2,1H3,(H2,10,12). The monoisotopic (exact) mass is 194 g/mol. The second-order valence-electron chi connectivity index (χ2n) is 3.03. The second-order valence-corrected chi connectivity index (χ2v) is 3.03. The van der Waals surface area contributed by atoms with E-state index in [0.29, 0.717) is 18.0 Å². The van der Waals surface area contributed by atoms with Gasteiger partial charge >= 0.3 is 6.03 Å². The molecular formula is C9H10N2O3. The first-order valence-corrected chi connectivity index (χ1v) is 4.14. The molecule has 14 heavy (non-hydrogen) atoms. The fourth-order valence-corrected chi connectivity index (χ4v) is 1.23. The van der Waals surface area contributed by atoms with Crippen LogP contribution in [0.1, 0.15) is 5.56 Å². The molecule has 1 aliphatic heterocycles. The minimum absolute atomic E-state index is 0.440. The molecule has 0 bridgehead atoms. The van der Waals surface area contributed by atoms with Crippen LogP contribution in [0.15, 0.2) is 18.2 Å². The molecule has 74 valence electrons. The van der Waals surface area contributed by atoms with Gasteiger partial charge in [-0.1, -0.05) is 6.07 Å². The van der Waals surface area contributed by atoms with Crippen LogP contribution in [0.2, 0.25) is 0 Å². The van der Waals surface area contributed by atoms with Crippen molar-refractivity contribution < 1.29 is 14.6 Å². The highest BCUT2D eigenvalue weighted by molar-refractivity contribution is 5.90. The van der Waals surface area contributed by atoms with Crippen LogP contribution in [0.3, 0.4) is 0 Å². The SMILES string of the molecule is CN(C(N)=O)c1ccc2c(c1)OOC2. The average molecular weight is 194 g/mol. The van der Waals surface area contributed by atoms with Gasteiger partial charge in [-0.3, -0.25) is 4.90 Å². The molecule has 2 amide bonds. The van der Waals surface area contributed by atoms with Crippen LogP contribution in [0.5, 0.6) is 5.75 Å². The molecule has 1 aromatic rings. The maximum atomic E-state index is 10.9. The summed E-state index contributed by atoms with van der Waals surface area (Å²) in [5, 5.41) is 0. The number of benzene rings is 1. The van der Waals surface area contributed by atoms with Gasteiger partial charge in [0.05, 0.1) is 0 Å². The third-order valence-corrected chi connectivity index (χ3v) is 2.13. The molecule has 1 aromatic carbocycles. The van der Waals surface area contributed by atoms with Crippen molar-refractivity contribution in [3.63, 3.8) is 0 Å². The molecule has 0 spiro atoms. The zero-order chi connectivity index (χ0) is 10.1. The van der Waals surface area contributed by atoms with Gasteiger partial charge in [-0.2, -0.15) is 4.89 Å². The van der Waals surface area contributed by atoms with Crippen LogP contribution in [0, 0.1) is 0 Å². The van der Waals surface area contributed by atoms with Crippen LogP contribution < -0.4 is 15.5 Å². The first kappa shape index (κ1) is 8.83. The Kier molecular flexibility index (Phi) is 2.01. The van der Waals surface area contributed by atoms with Crippen molar-refractivity contribution in [2.75, 3.05) is 11.9 Å². The number of amides is 2. The molecular weight excluding hydrogens is 184 g/mol. The highest BCUT2D eigenvalue weighted by Crippen LogP contribution is 2.30. The van der Waals surface area contributed by atoms with Crippen LogP contribution in [-0.4, -0.2) is 13.1 Å². The lowest BCUT2D eigenvalue weighted by Gasteiger charge is -2.14. The number of urea groups is 1. The van der Waals surface area contributed by atoms with Gasteiger partial charge in [0.15, 0.2) is 5.75 Å². The molecule has 0 fully saturated rings. The van der Waals surface area contributed by atoms with Crippen LogP contribution in [-0.2, 0) is 11.5 Å². The van der Waals surface area contributed by atoms with Crippen LogP contribution in [0.25, 0.3) is 0 Å². The van der Waals surface area contributed by atoms with E-state index < -0.39 is 6.03 Å². The number of hydrogen-bond donors (Lipinski definition) is 1. The predicted octanol–water partition coefficient (Wildman–Crippen LogP) is 1.03. The molecule has 0 saturated carbocycles. The summed E-state index contributed by atoms with van der Waals surface area (Å²) in [6, 6.07) is 4.84. The Bertz CT molecular complexity index is 378. The third-order valence-electron chi connectivity index (χ3n) is 2.13. The highest BCUT2D eigenvalue weighted by atomic mass is 17.2. The number of hydrogen-bond acceptors (Lipinski definition) is 3. The van der Waals surface area contributed by atoms with E-state index in [0.717, 1.165) is 5.56 Å². The maximum absolute atomic E-state index is 10.9. The number of carbonyl (C=O) groups is 1. The molecule has 1 aliphatic rings. The number of primary amides is 1. The van der Waals surface area contributed by atoms with E-state index in [4.69, 9.17) is 15.5 Å². The molecule has 2 N–H and O–H groups in total. The van der Waals surface area contributed by atoms with Crippen molar-refractivity contribution in [2.24, 2.45) is 5.73 Å². The van der Waals surface area contributed by atoms with E-state index in [1.165, 1.54) is 4.90 Å². The van der Waals surface area contributed by atoms with Crippen molar-refractivity contribution in [1.82, 2.24) is 0 Å². The largest absolute Gasteiger partial charge is 0.351 e. The summed E-state index contributed by atoms with van der Waals surface area (Å²) >= 11 is 0. The lowest BCUT2D eigenvalue weighted by Crippen LogP contribution is -2.31. The lowest BCUT2D eigenvalue weighted by atomic mass is 10.2. The number of fused-ring (bicyclic) bond motifs is 1. The van der Waals surface area contributed by atoms with Gasteiger partial charge < -0.3 is 10.6 Å². The van der Waals surface area contributed by atoms with Crippen molar-refractivity contribution in [1.29, 1.82) is 0 Å². The Morgan fingerprint density at radius 2 is 2.36 bits per heavy atom. The minimum atomic E-state index is -0.510. The Hall–Kier alpha value is -1.75. The van der Waals surface area contributed by atoms with E-state index in [9.17, 15) is 4.79 Å². The van der Waals surface area contributed by atoms with Gasteiger partial charge in [0.2, 0.25) is 0 Å². The summed E-state index contributed by atoms with van der Waals surface area (Å²) in [5.74, 6) is 0.635.